The fourth-order valence-corrected chi connectivity index (χ4v) is 2.11. The Morgan fingerprint density at radius 3 is 2.94 bits per heavy atom. The molecule has 96 valence electrons. The van der Waals surface area contributed by atoms with Crippen LogP contribution in [-0.2, 0) is 6.42 Å². The molecule has 0 unspecified atom stereocenters. The molecule has 0 aliphatic heterocycles. The van der Waals surface area contributed by atoms with Gasteiger partial charge in [-0.05, 0) is 13.0 Å². The van der Waals surface area contributed by atoms with Crippen LogP contribution in [0.1, 0.15) is 10.7 Å². The van der Waals surface area contributed by atoms with Gasteiger partial charge in [0.1, 0.15) is 0 Å². The van der Waals surface area contributed by atoms with Crippen molar-refractivity contribution in [2.45, 2.75) is 13.3 Å². The van der Waals surface area contributed by atoms with Crippen LogP contribution in [0.2, 0.25) is 0 Å². The van der Waals surface area contributed by atoms with E-state index in [1.807, 2.05) is 12.3 Å². The van der Waals surface area contributed by atoms with E-state index in [0.717, 1.165) is 21.9 Å². The molecule has 0 aliphatic rings. The molecule has 0 aliphatic carbocycles. The van der Waals surface area contributed by atoms with Gasteiger partial charge in [-0.2, -0.15) is 9.89 Å². The summed E-state index contributed by atoms with van der Waals surface area (Å²) < 4.78 is 5.47. The summed E-state index contributed by atoms with van der Waals surface area (Å²) >= 11 is 1.62. The second-order valence-corrected chi connectivity index (χ2v) is 4.53. The molecule has 0 fully saturated rings. The molecule has 2 aromatic rings. The summed E-state index contributed by atoms with van der Waals surface area (Å²) in [6, 6.07) is 3.30. The van der Waals surface area contributed by atoms with Gasteiger partial charge in [-0.25, -0.2) is 4.98 Å². The van der Waals surface area contributed by atoms with Crippen molar-refractivity contribution >= 4 is 11.3 Å². The van der Waals surface area contributed by atoms with Gasteiger partial charge >= 0.3 is 0 Å². The van der Waals surface area contributed by atoms with Gasteiger partial charge in [-0.1, -0.05) is 0 Å². The Morgan fingerprint density at radius 1 is 1.50 bits per heavy atom. The third kappa shape index (κ3) is 2.98. The maximum absolute atomic E-state index is 5.56. The first-order valence-corrected chi connectivity index (χ1v) is 6.20. The molecule has 2 heterocycles. The van der Waals surface area contributed by atoms with Crippen LogP contribution in [0.15, 0.2) is 22.6 Å². The third-order valence-electron chi connectivity index (χ3n) is 2.18. The molecule has 7 nitrogen and oxygen atoms in total. The van der Waals surface area contributed by atoms with E-state index < -0.39 is 0 Å². The number of aryl methyl sites for hydroxylation is 1. The van der Waals surface area contributed by atoms with Gasteiger partial charge in [-0.3, -0.25) is 0 Å². The molecular formula is C10H14N6OS. The first kappa shape index (κ1) is 12.4. The smallest absolute Gasteiger partial charge is 0.233 e. The number of aromatic nitrogens is 3. The Kier molecular flexibility index (Phi) is 3.78. The predicted octanol–water partition coefficient (Wildman–Crippen LogP) is -0.242. The van der Waals surface area contributed by atoms with E-state index in [1.165, 1.54) is 0 Å². The summed E-state index contributed by atoms with van der Waals surface area (Å²) in [6.07, 6.45) is 0.744. The number of nitrogens with two attached hydrogens (primary N) is 2. The number of nitrogens with zero attached hydrogens (tertiary/aromatic N) is 4. The monoisotopic (exact) mass is 266 g/mol. The van der Waals surface area contributed by atoms with Crippen LogP contribution in [0.4, 0.5) is 0 Å². The third-order valence-corrected chi connectivity index (χ3v) is 3.21. The van der Waals surface area contributed by atoms with Crippen LogP contribution in [0.5, 0.6) is 5.88 Å². The second-order valence-electron chi connectivity index (χ2n) is 3.58. The van der Waals surface area contributed by atoms with E-state index in [4.69, 9.17) is 16.4 Å². The van der Waals surface area contributed by atoms with Crippen LogP contribution in [-0.4, -0.2) is 21.5 Å². The molecule has 0 saturated carbocycles. The topological polar surface area (TPSA) is 104 Å². The summed E-state index contributed by atoms with van der Waals surface area (Å²) in [4.78, 5) is 5.42. The Bertz CT molecular complexity index is 590. The van der Waals surface area contributed by atoms with Crippen molar-refractivity contribution in [2.24, 2.45) is 10.9 Å². The average molecular weight is 266 g/mol. The van der Waals surface area contributed by atoms with Crippen LogP contribution >= 0.6 is 11.3 Å². The molecule has 8 heteroatoms. The van der Waals surface area contributed by atoms with E-state index in [-0.39, 0.29) is 0 Å². The Morgan fingerprint density at radius 2 is 2.33 bits per heavy atom. The quantitative estimate of drug-likeness (QED) is 0.587. The number of ether oxygens (including phenoxy) is 1. The standard InChI is InChI=1S/C10H14N6OS/c1-7-6-18-10(13-7)4-5-17-9-3-2-8(14-11)16(12)15-9/h2-3,6H,4-5,11-12H2,1H3/b14-8-. The number of rotatable bonds is 4. The Hall–Kier alpha value is -2.09. The van der Waals surface area contributed by atoms with Crippen LogP contribution in [0.3, 0.4) is 0 Å². The SMILES string of the molecule is Cc1csc(CCOc2cc/c(=N/N)n(N)n2)n1. The molecule has 0 atom stereocenters. The lowest BCUT2D eigenvalue weighted by molar-refractivity contribution is 0.301. The number of thiazole rings is 1. The van der Waals surface area contributed by atoms with Gasteiger partial charge in [-0.15, -0.1) is 16.4 Å². The summed E-state index contributed by atoms with van der Waals surface area (Å²) in [5.41, 5.74) is 1.40. The molecule has 0 radical (unpaired) electrons. The van der Waals surface area contributed by atoms with Crippen molar-refractivity contribution in [3.63, 3.8) is 0 Å². The minimum atomic E-state index is 0.373. The van der Waals surface area contributed by atoms with E-state index in [9.17, 15) is 0 Å². The van der Waals surface area contributed by atoms with E-state index >= 15 is 0 Å². The van der Waals surface area contributed by atoms with Crippen molar-refractivity contribution in [3.8, 4) is 5.88 Å². The zero-order valence-corrected chi connectivity index (χ0v) is 10.7. The highest BCUT2D eigenvalue weighted by Gasteiger charge is 2.01. The fraction of sp³-hybridized carbons (Fsp3) is 0.300. The van der Waals surface area contributed by atoms with Crippen molar-refractivity contribution in [1.29, 1.82) is 0 Å². The lowest BCUT2D eigenvalue weighted by Gasteiger charge is -2.05. The highest BCUT2D eigenvalue weighted by Crippen LogP contribution is 2.10. The fourth-order valence-electron chi connectivity index (χ4n) is 1.35. The van der Waals surface area contributed by atoms with Crippen molar-refractivity contribution in [3.05, 3.63) is 33.7 Å². The zero-order chi connectivity index (χ0) is 13.0. The molecule has 0 saturated heterocycles. The van der Waals surface area contributed by atoms with Gasteiger partial charge in [0.2, 0.25) is 5.88 Å². The van der Waals surface area contributed by atoms with Crippen molar-refractivity contribution in [1.82, 2.24) is 14.9 Å². The normalized spacial score (nSPS) is 11.7. The molecule has 2 rings (SSSR count). The van der Waals surface area contributed by atoms with Gasteiger partial charge < -0.3 is 16.4 Å². The first-order chi connectivity index (χ1) is 8.69. The summed E-state index contributed by atoms with van der Waals surface area (Å²) in [6.45, 7) is 2.47. The van der Waals surface area contributed by atoms with Crippen molar-refractivity contribution < 1.29 is 4.74 Å². The maximum Gasteiger partial charge on any atom is 0.233 e. The summed E-state index contributed by atoms with van der Waals surface area (Å²) in [7, 11) is 0. The lowest BCUT2D eigenvalue weighted by Crippen LogP contribution is -2.31. The molecule has 0 bridgehead atoms. The van der Waals surface area contributed by atoms with Gasteiger partial charge in [0, 0.05) is 23.6 Å². The van der Waals surface area contributed by atoms with Gasteiger partial charge in [0.05, 0.1) is 11.6 Å². The van der Waals surface area contributed by atoms with Crippen LogP contribution < -0.4 is 21.9 Å². The van der Waals surface area contributed by atoms with Gasteiger partial charge in [0.15, 0.2) is 5.49 Å². The Labute approximate surface area is 108 Å². The zero-order valence-electron chi connectivity index (χ0n) is 9.91. The van der Waals surface area contributed by atoms with Gasteiger partial charge in [0.25, 0.3) is 0 Å². The number of nitrogen functional groups attached to an aromatic ring is 1. The summed E-state index contributed by atoms with van der Waals surface area (Å²) in [5.74, 6) is 11.1. The lowest BCUT2D eigenvalue weighted by atomic mass is 10.4. The minimum absolute atomic E-state index is 0.373. The molecule has 0 amide bonds. The minimum Gasteiger partial charge on any atom is -0.476 e. The molecule has 4 N–H and O–H groups in total. The van der Waals surface area contributed by atoms with E-state index in [0.29, 0.717) is 18.0 Å². The van der Waals surface area contributed by atoms with Crippen LogP contribution in [0.25, 0.3) is 0 Å². The van der Waals surface area contributed by atoms with Crippen molar-refractivity contribution in [2.75, 3.05) is 12.4 Å². The first-order valence-electron chi connectivity index (χ1n) is 5.32. The van der Waals surface area contributed by atoms with Crippen LogP contribution in [0, 0.1) is 6.92 Å². The van der Waals surface area contributed by atoms with E-state index in [2.05, 4.69) is 15.2 Å². The average Bonchev–Trinajstić information content (AvgIpc) is 2.75. The molecule has 2 aromatic heterocycles. The number of hydrogen-bond acceptors (Lipinski definition) is 7. The highest BCUT2D eigenvalue weighted by molar-refractivity contribution is 7.09. The Balaban J connectivity index is 1.92. The largest absolute Gasteiger partial charge is 0.476 e. The maximum atomic E-state index is 5.56. The second kappa shape index (κ2) is 5.50. The van der Waals surface area contributed by atoms with E-state index in [1.54, 1.807) is 23.5 Å². The predicted molar refractivity (Wildman–Crippen MR) is 68.2 cm³/mol. The molecule has 18 heavy (non-hydrogen) atoms. The molecular weight excluding hydrogens is 252 g/mol. The molecule has 0 aromatic carbocycles. The summed E-state index contributed by atoms with van der Waals surface area (Å²) in [5, 5.41) is 10.5. The highest BCUT2D eigenvalue weighted by atomic mass is 32.1. The molecule has 0 spiro atoms. The number of hydrogen-bond donors (Lipinski definition) is 2.